The van der Waals surface area contributed by atoms with Gasteiger partial charge in [-0.3, -0.25) is 4.79 Å². The van der Waals surface area contributed by atoms with Crippen LogP contribution >= 0.6 is 0 Å². The van der Waals surface area contributed by atoms with Gasteiger partial charge in [-0.1, -0.05) is 0 Å². The fraction of sp³-hybridized carbons (Fsp3) is 0.333. The zero-order chi connectivity index (χ0) is 12.3. The minimum Gasteiger partial charge on any atom is -0.480 e. The fourth-order valence-electron chi connectivity index (χ4n) is 1.44. The molecule has 84 valence electrons. The highest BCUT2D eigenvalue weighted by molar-refractivity contribution is 5.78. The molecular formula is C12H14N2O2. The van der Waals surface area contributed by atoms with Crippen LogP contribution < -0.4 is 10.5 Å². The Hall–Kier alpha value is -2.02. The molecule has 0 heterocycles. The summed E-state index contributed by atoms with van der Waals surface area (Å²) in [6, 6.07) is 5.50. The molecule has 4 heteroatoms. The summed E-state index contributed by atoms with van der Waals surface area (Å²) < 4.78 is 5.45. The lowest BCUT2D eigenvalue weighted by atomic mass is 10.1. The van der Waals surface area contributed by atoms with E-state index < -0.39 is 12.0 Å². The number of nitrogens with zero attached hydrogens (tertiary/aromatic N) is 1. The van der Waals surface area contributed by atoms with Gasteiger partial charge in [0, 0.05) is 0 Å². The minimum absolute atomic E-state index is 0.511. The third-order valence-corrected chi connectivity index (χ3v) is 2.28. The molecule has 16 heavy (non-hydrogen) atoms. The molecule has 2 N–H and O–H groups in total. The molecule has 0 bridgehead atoms. The molecule has 0 fully saturated rings. The van der Waals surface area contributed by atoms with Crippen molar-refractivity contribution >= 4 is 5.91 Å². The number of nitriles is 1. The summed E-state index contributed by atoms with van der Waals surface area (Å²) in [5.41, 5.74) is 7.35. The van der Waals surface area contributed by atoms with E-state index in [1.54, 1.807) is 19.1 Å². The molecule has 0 saturated heterocycles. The van der Waals surface area contributed by atoms with E-state index in [4.69, 9.17) is 15.7 Å². The third-order valence-electron chi connectivity index (χ3n) is 2.28. The standard InChI is InChI=1S/C12H14N2O2/c1-7-4-10(6-13)5-8(2)11(7)16-9(3)12(14)15/h4-5,9H,1-3H3,(H2,14,15). The van der Waals surface area contributed by atoms with Crippen LogP contribution in [0.4, 0.5) is 0 Å². The maximum atomic E-state index is 10.9. The molecule has 1 amide bonds. The molecule has 1 rings (SSSR count). The van der Waals surface area contributed by atoms with Crippen LogP contribution in [0.2, 0.25) is 0 Å². The van der Waals surface area contributed by atoms with Gasteiger partial charge in [-0.25, -0.2) is 0 Å². The lowest BCUT2D eigenvalue weighted by molar-refractivity contribution is -0.124. The number of rotatable bonds is 3. The molecule has 0 aliphatic rings. The Balaban J connectivity index is 3.07. The number of carbonyl (C=O) groups excluding carboxylic acids is 1. The summed E-state index contributed by atoms with van der Waals surface area (Å²) in [6.45, 7) is 5.26. The Morgan fingerprint density at radius 1 is 1.44 bits per heavy atom. The quantitative estimate of drug-likeness (QED) is 0.833. The predicted molar refractivity (Wildman–Crippen MR) is 59.9 cm³/mol. The zero-order valence-electron chi connectivity index (χ0n) is 9.57. The molecule has 0 aliphatic carbocycles. The minimum atomic E-state index is -0.676. The highest BCUT2D eigenvalue weighted by Gasteiger charge is 2.14. The van der Waals surface area contributed by atoms with Crippen molar-refractivity contribution in [2.75, 3.05) is 0 Å². The van der Waals surface area contributed by atoms with Gasteiger partial charge < -0.3 is 10.5 Å². The highest BCUT2D eigenvalue weighted by Crippen LogP contribution is 2.25. The van der Waals surface area contributed by atoms with Crippen molar-refractivity contribution in [3.05, 3.63) is 28.8 Å². The van der Waals surface area contributed by atoms with Crippen molar-refractivity contribution < 1.29 is 9.53 Å². The summed E-state index contributed by atoms with van der Waals surface area (Å²) >= 11 is 0. The average molecular weight is 218 g/mol. The predicted octanol–water partition coefficient (Wildman–Crippen LogP) is 1.43. The maximum absolute atomic E-state index is 10.9. The van der Waals surface area contributed by atoms with Gasteiger partial charge in [0.1, 0.15) is 5.75 Å². The molecule has 1 unspecified atom stereocenters. The molecule has 4 nitrogen and oxygen atoms in total. The van der Waals surface area contributed by atoms with Gasteiger partial charge in [-0.05, 0) is 44.0 Å². The number of hydrogen-bond acceptors (Lipinski definition) is 3. The van der Waals surface area contributed by atoms with Gasteiger partial charge in [0.2, 0.25) is 0 Å². The Morgan fingerprint density at radius 3 is 2.31 bits per heavy atom. The Bertz CT molecular complexity index is 438. The van der Waals surface area contributed by atoms with E-state index in [1.165, 1.54) is 0 Å². The number of ether oxygens (including phenoxy) is 1. The monoisotopic (exact) mass is 218 g/mol. The van der Waals surface area contributed by atoms with E-state index in [0.29, 0.717) is 11.3 Å². The molecule has 0 aliphatic heterocycles. The second-order valence-corrected chi connectivity index (χ2v) is 3.71. The summed E-state index contributed by atoms with van der Waals surface area (Å²) in [5, 5.41) is 8.78. The SMILES string of the molecule is Cc1cc(C#N)cc(C)c1OC(C)C(N)=O. The number of carbonyl (C=O) groups is 1. The summed E-state index contributed by atoms with van der Waals surface area (Å²) in [4.78, 5) is 10.9. The van der Waals surface area contributed by atoms with Gasteiger partial charge in [-0.15, -0.1) is 0 Å². The van der Waals surface area contributed by atoms with E-state index in [0.717, 1.165) is 11.1 Å². The summed E-state index contributed by atoms with van der Waals surface area (Å²) in [7, 11) is 0. The molecule has 1 aromatic rings. The molecule has 0 saturated carbocycles. The first-order valence-electron chi connectivity index (χ1n) is 4.93. The first-order chi connectivity index (χ1) is 7.45. The summed E-state index contributed by atoms with van der Waals surface area (Å²) in [5.74, 6) is 0.105. The lowest BCUT2D eigenvalue weighted by Gasteiger charge is -2.16. The summed E-state index contributed by atoms with van der Waals surface area (Å²) in [6.07, 6.45) is -0.676. The average Bonchev–Trinajstić information content (AvgIpc) is 2.22. The first kappa shape index (κ1) is 12.1. The Kier molecular flexibility index (Phi) is 3.51. The molecular weight excluding hydrogens is 204 g/mol. The van der Waals surface area contributed by atoms with E-state index in [1.807, 2.05) is 13.8 Å². The normalized spacial score (nSPS) is 11.6. The second-order valence-electron chi connectivity index (χ2n) is 3.71. The topological polar surface area (TPSA) is 76.1 Å². The van der Waals surface area contributed by atoms with Gasteiger partial charge in [0.15, 0.2) is 6.10 Å². The molecule has 0 radical (unpaired) electrons. The lowest BCUT2D eigenvalue weighted by Crippen LogP contribution is -2.31. The smallest absolute Gasteiger partial charge is 0.258 e. The van der Waals surface area contributed by atoms with Crippen molar-refractivity contribution in [1.29, 1.82) is 5.26 Å². The molecule has 1 aromatic carbocycles. The van der Waals surface area contributed by atoms with E-state index in [9.17, 15) is 4.79 Å². The molecule has 1 atom stereocenters. The number of amides is 1. The third kappa shape index (κ3) is 2.51. The van der Waals surface area contributed by atoms with Crippen LogP contribution in [0.15, 0.2) is 12.1 Å². The largest absolute Gasteiger partial charge is 0.480 e. The van der Waals surface area contributed by atoms with Crippen molar-refractivity contribution in [1.82, 2.24) is 0 Å². The van der Waals surface area contributed by atoms with Crippen LogP contribution in [0.25, 0.3) is 0 Å². The molecule has 0 aromatic heterocycles. The van der Waals surface area contributed by atoms with E-state index in [2.05, 4.69) is 6.07 Å². The van der Waals surface area contributed by atoms with Crippen LogP contribution in [0.3, 0.4) is 0 Å². The van der Waals surface area contributed by atoms with Gasteiger partial charge in [0.05, 0.1) is 11.6 Å². The number of benzene rings is 1. The number of hydrogen-bond donors (Lipinski definition) is 1. The Morgan fingerprint density at radius 2 is 1.94 bits per heavy atom. The number of primary amides is 1. The first-order valence-corrected chi connectivity index (χ1v) is 4.93. The van der Waals surface area contributed by atoms with Crippen LogP contribution in [0.5, 0.6) is 5.75 Å². The van der Waals surface area contributed by atoms with E-state index >= 15 is 0 Å². The van der Waals surface area contributed by atoms with Crippen molar-refractivity contribution in [2.45, 2.75) is 26.9 Å². The number of aryl methyl sites for hydroxylation is 2. The number of nitrogens with two attached hydrogens (primary N) is 1. The maximum Gasteiger partial charge on any atom is 0.258 e. The second kappa shape index (κ2) is 4.67. The zero-order valence-corrected chi connectivity index (χ0v) is 9.57. The van der Waals surface area contributed by atoms with Crippen LogP contribution in [-0.2, 0) is 4.79 Å². The van der Waals surface area contributed by atoms with Crippen molar-refractivity contribution in [3.8, 4) is 11.8 Å². The fourth-order valence-corrected chi connectivity index (χ4v) is 1.44. The molecule has 0 spiro atoms. The van der Waals surface area contributed by atoms with Crippen LogP contribution in [0, 0.1) is 25.2 Å². The van der Waals surface area contributed by atoms with Gasteiger partial charge in [-0.2, -0.15) is 5.26 Å². The van der Waals surface area contributed by atoms with E-state index in [-0.39, 0.29) is 0 Å². The van der Waals surface area contributed by atoms with Gasteiger partial charge >= 0.3 is 0 Å². The van der Waals surface area contributed by atoms with Crippen LogP contribution in [0.1, 0.15) is 23.6 Å². The highest BCUT2D eigenvalue weighted by atomic mass is 16.5. The Labute approximate surface area is 94.6 Å². The van der Waals surface area contributed by atoms with Crippen molar-refractivity contribution in [3.63, 3.8) is 0 Å². The van der Waals surface area contributed by atoms with Crippen molar-refractivity contribution in [2.24, 2.45) is 5.73 Å². The van der Waals surface area contributed by atoms with Gasteiger partial charge in [0.25, 0.3) is 5.91 Å². The van der Waals surface area contributed by atoms with Crippen LogP contribution in [-0.4, -0.2) is 12.0 Å².